The largest absolute Gasteiger partial charge is 0.488 e. The minimum atomic E-state index is -4.44. The van der Waals surface area contributed by atoms with Crippen LogP contribution in [0.3, 0.4) is 0 Å². The zero-order valence-electron chi connectivity index (χ0n) is 8.33. The quantitative estimate of drug-likeness (QED) is 0.751. The molecule has 0 saturated heterocycles. The lowest BCUT2D eigenvalue weighted by Gasteiger charge is -2.16. The first-order valence-electron chi connectivity index (χ1n) is 4.97. The highest BCUT2D eigenvalue weighted by Gasteiger charge is 2.40. The smallest absolute Gasteiger partial charge is 0.423 e. The van der Waals surface area contributed by atoms with Crippen molar-refractivity contribution in [1.29, 1.82) is 0 Å². The highest BCUT2D eigenvalue weighted by Crippen LogP contribution is 2.44. The fraction of sp³-hybridized carbons (Fsp3) is 0.400. The molecule has 1 aliphatic rings. The van der Waals surface area contributed by atoms with Crippen LogP contribution in [0.5, 0.6) is 0 Å². The Bertz CT molecular complexity index is 400. The van der Waals surface area contributed by atoms with Crippen molar-refractivity contribution in [3.63, 3.8) is 0 Å². The Morgan fingerprint density at radius 3 is 2.25 bits per heavy atom. The standard InChI is InChI=1S/C10H10BF3O2/c12-10(13,14)7-2-1-3-8(11(15)16)9(7)6-4-5-6/h1-3,6,15-16H,4-5H2. The molecule has 1 aliphatic carbocycles. The molecule has 0 radical (unpaired) electrons. The molecule has 0 aromatic heterocycles. The van der Waals surface area contributed by atoms with Gasteiger partial charge in [0.25, 0.3) is 0 Å². The molecule has 2 N–H and O–H groups in total. The van der Waals surface area contributed by atoms with Crippen LogP contribution in [0, 0.1) is 0 Å². The van der Waals surface area contributed by atoms with Gasteiger partial charge in [0.05, 0.1) is 5.56 Å². The Morgan fingerprint density at radius 1 is 1.19 bits per heavy atom. The molecule has 0 bridgehead atoms. The third kappa shape index (κ3) is 2.08. The van der Waals surface area contributed by atoms with E-state index < -0.39 is 18.9 Å². The number of benzene rings is 1. The lowest BCUT2D eigenvalue weighted by Crippen LogP contribution is -2.34. The zero-order chi connectivity index (χ0) is 11.9. The van der Waals surface area contributed by atoms with Crippen molar-refractivity contribution >= 4 is 12.6 Å². The van der Waals surface area contributed by atoms with Gasteiger partial charge in [0.1, 0.15) is 0 Å². The Kier molecular flexibility index (Phi) is 2.71. The molecule has 1 fully saturated rings. The van der Waals surface area contributed by atoms with Crippen LogP contribution >= 0.6 is 0 Å². The van der Waals surface area contributed by atoms with Crippen LogP contribution in [0.15, 0.2) is 18.2 Å². The summed E-state index contributed by atoms with van der Waals surface area (Å²) < 4.78 is 38.1. The van der Waals surface area contributed by atoms with Crippen molar-refractivity contribution in [2.75, 3.05) is 0 Å². The summed E-state index contributed by atoms with van der Waals surface area (Å²) >= 11 is 0. The average molecular weight is 230 g/mol. The van der Waals surface area contributed by atoms with E-state index in [0.29, 0.717) is 12.8 Å². The highest BCUT2D eigenvalue weighted by molar-refractivity contribution is 6.59. The summed E-state index contributed by atoms with van der Waals surface area (Å²) in [5.41, 5.74) is -0.733. The predicted molar refractivity (Wildman–Crippen MR) is 53.2 cm³/mol. The SMILES string of the molecule is OB(O)c1cccc(C(F)(F)F)c1C1CC1. The van der Waals surface area contributed by atoms with Gasteiger partial charge in [-0.1, -0.05) is 12.1 Å². The van der Waals surface area contributed by atoms with Gasteiger partial charge in [-0.2, -0.15) is 13.2 Å². The van der Waals surface area contributed by atoms with Crippen molar-refractivity contribution in [3.05, 3.63) is 29.3 Å². The molecule has 16 heavy (non-hydrogen) atoms. The number of alkyl halides is 3. The van der Waals surface area contributed by atoms with Gasteiger partial charge in [-0.05, 0) is 35.9 Å². The van der Waals surface area contributed by atoms with Crippen LogP contribution in [-0.2, 0) is 6.18 Å². The van der Waals surface area contributed by atoms with E-state index in [1.807, 2.05) is 0 Å². The van der Waals surface area contributed by atoms with E-state index in [0.717, 1.165) is 6.07 Å². The minimum absolute atomic E-state index is 0.0303. The van der Waals surface area contributed by atoms with Crippen LogP contribution in [0.4, 0.5) is 13.2 Å². The van der Waals surface area contributed by atoms with Crippen LogP contribution in [0.2, 0.25) is 0 Å². The number of hydrogen-bond acceptors (Lipinski definition) is 2. The Balaban J connectivity index is 2.56. The molecular weight excluding hydrogens is 220 g/mol. The van der Waals surface area contributed by atoms with Gasteiger partial charge in [0.15, 0.2) is 0 Å². The van der Waals surface area contributed by atoms with Crippen molar-refractivity contribution in [1.82, 2.24) is 0 Å². The second-order valence-electron chi connectivity index (χ2n) is 3.95. The van der Waals surface area contributed by atoms with Crippen LogP contribution in [-0.4, -0.2) is 17.2 Å². The maximum atomic E-state index is 12.7. The summed E-state index contributed by atoms with van der Waals surface area (Å²) in [4.78, 5) is 0. The first kappa shape index (κ1) is 11.5. The Morgan fingerprint density at radius 2 is 1.81 bits per heavy atom. The second kappa shape index (κ2) is 3.78. The summed E-state index contributed by atoms with van der Waals surface area (Å²) in [5.74, 6) is -0.186. The molecule has 2 rings (SSSR count). The summed E-state index contributed by atoms with van der Waals surface area (Å²) in [6, 6.07) is 3.51. The summed E-state index contributed by atoms with van der Waals surface area (Å²) in [7, 11) is -1.85. The third-order valence-corrected chi connectivity index (χ3v) is 2.71. The molecule has 0 spiro atoms. The first-order chi connectivity index (χ1) is 7.41. The Hall–Kier alpha value is -1.01. The van der Waals surface area contributed by atoms with E-state index in [2.05, 4.69) is 0 Å². The van der Waals surface area contributed by atoms with Gasteiger partial charge >= 0.3 is 13.3 Å². The average Bonchev–Trinajstić information content (AvgIpc) is 2.98. The predicted octanol–water partition coefficient (Wildman–Crippen LogP) is 1.26. The lowest BCUT2D eigenvalue weighted by atomic mass is 9.74. The molecule has 0 heterocycles. The van der Waals surface area contributed by atoms with E-state index in [1.54, 1.807) is 0 Å². The van der Waals surface area contributed by atoms with Gasteiger partial charge in [-0.25, -0.2) is 0 Å². The van der Waals surface area contributed by atoms with Crippen LogP contribution < -0.4 is 5.46 Å². The van der Waals surface area contributed by atoms with E-state index in [9.17, 15) is 13.2 Å². The molecular formula is C10H10BF3O2. The number of rotatable bonds is 2. The molecule has 1 aromatic rings. The van der Waals surface area contributed by atoms with E-state index in [4.69, 9.17) is 10.0 Å². The van der Waals surface area contributed by atoms with Crippen molar-refractivity contribution < 1.29 is 23.2 Å². The van der Waals surface area contributed by atoms with Gasteiger partial charge in [0.2, 0.25) is 0 Å². The minimum Gasteiger partial charge on any atom is -0.423 e. The third-order valence-electron chi connectivity index (χ3n) is 2.71. The van der Waals surface area contributed by atoms with Gasteiger partial charge < -0.3 is 10.0 Å². The van der Waals surface area contributed by atoms with E-state index in [-0.39, 0.29) is 16.9 Å². The molecule has 6 heteroatoms. The fourth-order valence-electron chi connectivity index (χ4n) is 1.88. The summed E-state index contributed by atoms with van der Waals surface area (Å²) in [6.45, 7) is 0. The maximum Gasteiger partial charge on any atom is 0.488 e. The molecule has 1 aromatic carbocycles. The van der Waals surface area contributed by atoms with E-state index in [1.165, 1.54) is 12.1 Å². The van der Waals surface area contributed by atoms with Crippen LogP contribution in [0.1, 0.15) is 29.9 Å². The van der Waals surface area contributed by atoms with Crippen LogP contribution in [0.25, 0.3) is 0 Å². The Labute approximate surface area is 90.9 Å². The number of hydrogen-bond donors (Lipinski definition) is 2. The maximum absolute atomic E-state index is 12.7. The molecule has 1 saturated carbocycles. The molecule has 86 valence electrons. The van der Waals surface area contributed by atoms with Gasteiger partial charge in [-0.15, -0.1) is 0 Å². The fourth-order valence-corrected chi connectivity index (χ4v) is 1.88. The van der Waals surface area contributed by atoms with Gasteiger partial charge in [0, 0.05) is 0 Å². The normalized spacial score (nSPS) is 16.3. The van der Waals surface area contributed by atoms with Crippen molar-refractivity contribution in [3.8, 4) is 0 Å². The van der Waals surface area contributed by atoms with Crippen molar-refractivity contribution in [2.24, 2.45) is 0 Å². The van der Waals surface area contributed by atoms with Gasteiger partial charge in [-0.3, -0.25) is 0 Å². The summed E-state index contributed by atoms with van der Waals surface area (Å²) in [5, 5.41) is 18.1. The van der Waals surface area contributed by atoms with Crippen molar-refractivity contribution in [2.45, 2.75) is 24.9 Å². The topological polar surface area (TPSA) is 40.5 Å². The molecule has 0 unspecified atom stereocenters. The molecule has 0 aliphatic heterocycles. The monoisotopic (exact) mass is 230 g/mol. The van der Waals surface area contributed by atoms with E-state index >= 15 is 0 Å². The first-order valence-corrected chi connectivity index (χ1v) is 4.97. The molecule has 0 atom stereocenters. The highest BCUT2D eigenvalue weighted by atomic mass is 19.4. The lowest BCUT2D eigenvalue weighted by molar-refractivity contribution is -0.138. The molecule has 0 amide bonds. The number of halogens is 3. The summed E-state index contributed by atoms with van der Waals surface area (Å²) in [6.07, 6.45) is -3.09. The zero-order valence-corrected chi connectivity index (χ0v) is 8.33. The molecule has 2 nitrogen and oxygen atoms in total. The second-order valence-corrected chi connectivity index (χ2v) is 3.95.